The van der Waals surface area contributed by atoms with Gasteiger partial charge in [-0.1, -0.05) is 20.8 Å². The molecule has 1 heterocycles. The van der Waals surface area contributed by atoms with Crippen LogP contribution in [0.15, 0.2) is 0 Å². The summed E-state index contributed by atoms with van der Waals surface area (Å²) in [5, 5.41) is 0. The van der Waals surface area contributed by atoms with Gasteiger partial charge in [0.05, 0.1) is 0 Å². The van der Waals surface area contributed by atoms with Crippen LogP contribution in [0.5, 0.6) is 0 Å². The zero-order valence-electron chi connectivity index (χ0n) is 5.94. The zero-order chi connectivity index (χ0) is 6.15. The van der Waals surface area contributed by atoms with E-state index in [2.05, 4.69) is 20.8 Å². The van der Waals surface area contributed by atoms with Gasteiger partial charge in [-0.3, -0.25) is 0 Å². The van der Waals surface area contributed by atoms with Crippen molar-refractivity contribution < 1.29 is 0 Å². The van der Waals surface area contributed by atoms with Gasteiger partial charge in [-0.05, 0) is 23.7 Å². The summed E-state index contributed by atoms with van der Waals surface area (Å²) in [5.74, 6) is 2.00. The SMILES string of the molecule is C[C@@H]1[C@H](C)CP[C@H]1C. The average molecular weight is 130 g/mol. The fourth-order valence-electron chi connectivity index (χ4n) is 1.24. The molecule has 1 heteroatoms. The standard InChI is InChI=1S/C7H15P/c1-5-4-8-7(3)6(5)2/h5-8H,4H2,1-3H3/t5-,6-,7+/m1/s1. The quantitative estimate of drug-likeness (QED) is 0.441. The first kappa shape index (κ1) is 6.55. The van der Waals surface area contributed by atoms with Gasteiger partial charge in [-0.15, -0.1) is 8.58 Å². The van der Waals surface area contributed by atoms with Crippen molar-refractivity contribution in [1.82, 2.24) is 0 Å². The predicted octanol–water partition coefficient (Wildman–Crippen LogP) is 2.34. The van der Waals surface area contributed by atoms with Crippen molar-refractivity contribution in [3.05, 3.63) is 0 Å². The molecule has 0 bridgehead atoms. The molecule has 0 aromatic heterocycles. The molecule has 0 saturated carbocycles. The van der Waals surface area contributed by atoms with Crippen LogP contribution in [0.3, 0.4) is 0 Å². The van der Waals surface area contributed by atoms with Crippen LogP contribution in [0, 0.1) is 11.8 Å². The van der Waals surface area contributed by atoms with Crippen molar-refractivity contribution in [2.75, 3.05) is 6.16 Å². The minimum atomic E-state index is 0.994. The van der Waals surface area contributed by atoms with Crippen LogP contribution >= 0.6 is 8.58 Å². The fraction of sp³-hybridized carbons (Fsp3) is 1.00. The molecule has 1 aliphatic rings. The predicted molar refractivity (Wildman–Crippen MR) is 41.0 cm³/mol. The van der Waals surface area contributed by atoms with Crippen LogP contribution < -0.4 is 0 Å². The third-order valence-corrected chi connectivity index (χ3v) is 4.50. The lowest BCUT2D eigenvalue weighted by molar-refractivity contribution is 0.448. The van der Waals surface area contributed by atoms with E-state index in [-0.39, 0.29) is 0 Å². The molecule has 0 radical (unpaired) electrons. The van der Waals surface area contributed by atoms with Gasteiger partial charge in [0.1, 0.15) is 0 Å². The fourth-order valence-corrected chi connectivity index (χ4v) is 3.05. The third kappa shape index (κ3) is 1.05. The second kappa shape index (κ2) is 2.35. The molecular formula is C7H15P. The first-order chi connectivity index (χ1) is 3.72. The molecule has 0 aromatic rings. The van der Waals surface area contributed by atoms with Crippen molar-refractivity contribution in [2.24, 2.45) is 11.8 Å². The van der Waals surface area contributed by atoms with E-state index in [1.165, 1.54) is 14.7 Å². The van der Waals surface area contributed by atoms with Gasteiger partial charge in [0.25, 0.3) is 0 Å². The Kier molecular flexibility index (Phi) is 1.92. The molecule has 4 atom stereocenters. The smallest absolute Gasteiger partial charge is 0.0237 e. The molecule has 1 aliphatic heterocycles. The maximum absolute atomic E-state index is 2.38. The normalized spacial score (nSPS) is 50.6. The highest BCUT2D eigenvalue weighted by molar-refractivity contribution is 7.39. The minimum Gasteiger partial charge on any atom is -0.119 e. The van der Waals surface area contributed by atoms with Crippen LogP contribution in [0.2, 0.25) is 0 Å². The lowest BCUT2D eigenvalue weighted by atomic mass is 9.96. The Hall–Kier alpha value is 0.430. The topological polar surface area (TPSA) is 0 Å². The summed E-state index contributed by atoms with van der Waals surface area (Å²) in [5.41, 5.74) is 1.02. The van der Waals surface area contributed by atoms with Gasteiger partial charge in [-0.25, -0.2) is 0 Å². The van der Waals surface area contributed by atoms with Gasteiger partial charge in [0.15, 0.2) is 0 Å². The van der Waals surface area contributed by atoms with Crippen molar-refractivity contribution in [3.63, 3.8) is 0 Å². The summed E-state index contributed by atoms with van der Waals surface area (Å²) in [6.45, 7) is 7.14. The maximum Gasteiger partial charge on any atom is -0.0237 e. The highest BCUT2D eigenvalue weighted by Gasteiger charge is 2.25. The summed E-state index contributed by atoms with van der Waals surface area (Å²) in [6.07, 6.45) is 1.49. The first-order valence-corrected chi connectivity index (χ1v) is 4.73. The van der Waals surface area contributed by atoms with Crippen molar-refractivity contribution in [3.8, 4) is 0 Å². The summed E-state index contributed by atoms with van der Waals surface area (Å²) in [6, 6.07) is 0. The molecule has 0 spiro atoms. The van der Waals surface area contributed by atoms with E-state index < -0.39 is 0 Å². The Bertz CT molecular complexity index is 70.5. The van der Waals surface area contributed by atoms with E-state index in [1.54, 1.807) is 0 Å². The summed E-state index contributed by atoms with van der Waals surface area (Å²) in [4.78, 5) is 0. The maximum atomic E-state index is 2.38. The van der Waals surface area contributed by atoms with Crippen LogP contribution in [-0.4, -0.2) is 11.8 Å². The molecule has 1 rings (SSSR count). The Morgan fingerprint density at radius 3 is 2.00 bits per heavy atom. The van der Waals surface area contributed by atoms with Gasteiger partial charge in [-0.2, -0.15) is 0 Å². The second-order valence-electron chi connectivity index (χ2n) is 3.03. The van der Waals surface area contributed by atoms with Crippen LogP contribution in [0.25, 0.3) is 0 Å². The average Bonchev–Trinajstić information content (AvgIpc) is 1.98. The van der Waals surface area contributed by atoms with E-state index in [0.29, 0.717) is 0 Å². The van der Waals surface area contributed by atoms with Gasteiger partial charge >= 0.3 is 0 Å². The highest BCUT2D eigenvalue weighted by atomic mass is 31.1. The third-order valence-electron chi connectivity index (χ3n) is 2.45. The Labute approximate surface area is 53.8 Å². The molecule has 0 N–H and O–H groups in total. The van der Waals surface area contributed by atoms with E-state index in [0.717, 1.165) is 17.5 Å². The summed E-state index contributed by atoms with van der Waals surface area (Å²) < 4.78 is 0. The second-order valence-corrected chi connectivity index (χ2v) is 4.76. The van der Waals surface area contributed by atoms with E-state index in [9.17, 15) is 0 Å². The Morgan fingerprint density at radius 1 is 1.25 bits per heavy atom. The van der Waals surface area contributed by atoms with E-state index in [4.69, 9.17) is 0 Å². The molecular weight excluding hydrogens is 115 g/mol. The van der Waals surface area contributed by atoms with E-state index >= 15 is 0 Å². The Balaban J connectivity index is 2.44. The number of hydrogen-bond acceptors (Lipinski definition) is 0. The molecule has 1 unspecified atom stereocenters. The zero-order valence-corrected chi connectivity index (χ0v) is 6.94. The molecule has 0 nitrogen and oxygen atoms in total. The van der Waals surface area contributed by atoms with E-state index in [1.807, 2.05) is 0 Å². The van der Waals surface area contributed by atoms with Crippen molar-refractivity contribution in [2.45, 2.75) is 26.4 Å². The largest absolute Gasteiger partial charge is 0.119 e. The molecule has 0 amide bonds. The summed E-state index contributed by atoms with van der Waals surface area (Å²) in [7, 11) is 1.24. The molecule has 1 fully saturated rings. The van der Waals surface area contributed by atoms with Gasteiger partial charge in [0, 0.05) is 0 Å². The minimum absolute atomic E-state index is 0.994. The molecule has 0 aromatic carbocycles. The molecule has 8 heavy (non-hydrogen) atoms. The van der Waals surface area contributed by atoms with Crippen molar-refractivity contribution in [1.29, 1.82) is 0 Å². The van der Waals surface area contributed by atoms with Gasteiger partial charge < -0.3 is 0 Å². The number of hydrogen-bond donors (Lipinski definition) is 0. The molecule has 1 saturated heterocycles. The lowest BCUT2D eigenvalue weighted by Crippen LogP contribution is -2.08. The molecule has 48 valence electrons. The van der Waals surface area contributed by atoms with Crippen LogP contribution in [0.1, 0.15) is 20.8 Å². The lowest BCUT2D eigenvalue weighted by Gasteiger charge is -2.11. The Morgan fingerprint density at radius 2 is 1.88 bits per heavy atom. The van der Waals surface area contributed by atoms with Crippen LogP contribution in [-0.2, 0) is 0 Å². The van der Waals surface area contributed by atoms with Gasteiger partial charge in [0.2, 0.25) is 0 Å². The molecule has 0 aliphatic carbocycles. The summed E-state index contributed by atoms with van der Waals surface area (Å²) >= 11 is 0. The monoisotopic (exact) mass is 130 g/mol. The first-order valence-electron chi connectivity index (χ1n) is 3.45. The van der Waals surface area contributed by atoms with Crippen molar-refractivity contribution >= 4 is 8.58 Å². The highest BCUT2D eigenvalue weighted by Crippen LogP contribution is 2.40. The number of rotatable bonds is 0. The van der Waals surface area contributed by atoms with Crippen LogP contribution in [0.4, 0.5) is 0 Å².